The highest BCUT2D eigenvalue weighted by Crippen LogP contribution is 2.41. The molecule has 1 aliphatic carbocycles. The van der Waals surface area contributed by atoms with Gasteiger partial charge in [0.05, 0.1) is 30.1 Å². The van der Waals surface area contributed by atoms with Gasteiger partial charge in [-0.05, 0) is 41.0 Å². The summed E-state index contributed by atoms with van der Waals surface area (Å²) in [5.41, 5.74) is 4.49. The number of nitrogens with zero attached hydrogens (tertiary/aromatic N) is 3. The Bertz CT molecular complexity index is 1340. The Morgan fingerprint density at radius 2 is 1.86 bits per heavy atom. The molecular formula is C28H24BrN3O3. The fraction of sp³-hybridized carbons (Fsp3) is 0.214. The van der Waals surface area contributed by atoms with E-state index in [-0.39, 0.29) is 23.8 Å². The lowest BCUT2D eigenvalue weighted by molar-refractivity contribution is -0.132. The smallest absolute Gasteiger partial charge is 0.279 e. The molecule has 2 aromatic carbocycles. The Morgan fingerprint density at radius 1 is 1.11 bits per heavy atom. The minimum atomic E-state index is -0.329. The summed E-state index contributed by atoms with van der Waals surface area (Å²) in [5, 5.41) is 6.26. The van der Waals surface area contributed by atoms with E-state index in [4.69, 9.17) is 9.84 Å². The van der Waals surface area contributed by atoms with Gasteiger partial charge in [0.15, 0.2) is 0 Å². The van der Waals surface area contributed by atoms with Crippen molar-refractivity contribution < 1.29 is 14.3 Å². The maximum atomic E-state index is 13.5. The summed E-state index contributed by atoms with van der Waals surface area (Å²) in [7, 11) is 1.62. The number of halogens is 1. The van der Waals surface area contributed by atoms with Crippen molar-refractivity contribution >= 4 is 44.7 Å². The SMILES string of the molecule is CCC(=O)N1N=C(C2=C(c3ccccc3)C3C=C(Br)C=CC3=NC2=O)CC1c1ccc(OC)cc1. The normalized spacial score (nSPS) is 21.4. The molecule has 0 N–H and O–H groups in total. The van der Waals surface area contributed by atoms with E-state index in [1.165, 1.54) is 5.01 Å². The third-order valence-electron chi connectivity index (χ3n) is 6.42. The van der Waals surface area contributed by atoms with E-state index in [2.05, 4.69) is 27.0 Å². The first-order chi connectivity index (χ1) is 17.0. The molecule has 0 aromatic heterocycles. The van der Waals surface area contributed by atoms with Crippen LogP contribution in [0.25, 0.3) is 5.57 Å². The summed E-state index contributed by atoms with van der Waals surface area (Å²) in [4.78, 5) is 30.8. The maximum absolute atomic E-state index is 13.5. The summed E-state index contributed by atoms with van der Waals surface area (Å²) in [6, 6.07) is 17.2. The van der Waals surface area contributed by atoms with Crippen molar-refractivity contribution in [1.29, 1.82) is 0 Å². The largest absolute Gasteiger partial charge is 0.497 e. The molecule has 0 spiro atoms. The van der Waals surface area contributed by atoms with Gasteiger partial charge in [-0.25, -0.2) is 10.0 Å². The second-order valence-electron chi connectivity index (χ2n) is 8.49. The topological polar surface area (TPSA) is 71.3 Å². The van der Waals surface area contributed by atoms with E-state index in [0.717, 1.165) is 26.9 Å². The van der Waals surface area contributed by atoms with Crippen LogP contribution in [0.1, 0.15) is 36.9 Å². The molecule has 2 atom stereocenters. The number of aliphatic imine (C=N–C) groups is 1. The lowest BCUT2D eigenvalue weighted by atomic mass is 9.79. The number of ether oxygens (including phenoxy) is 1. The number of benzene rings is 2. The number of dihydropyridines is 1. The first-order valence-corrected chi connectivity index (χ1v) is 12.3. The number of allylic oxidation sites excluding steroid dienone is 5. The van der Waals surface area contributed by atoms with Gasteiger partial charge in [0.25, 0.3) is 5.91 Å². The Hall–Kier alpha value is -3.58. The van der Waals surface area contributed by atoms with Crippen LogP contribution in [0, 0.1) is 5.92 Å². The lowest BCUT2D eigenvalue weighted by Gasteiger charge is -2.27. The summed E-state index contributed by atoms with van der Waals surface area (Å²) >= 11 is 3.58. The molecular weight excluding hydrogens is 506 g/mol. The monoisotopic (exact) mass is 529 g/mol. The van der Waals surface area contributed by atoms with Crippen molar-refractivity contribution in [2.24, 2.45) is 16.0 Å². The minimum Gasteiger partial charge on any atom is -0.497 e. The average Bonchev–Trinajstić information content (AvgIpc) is 3.33. The van der Waals surface area contributed by atoms with E-state index < -0.39 is 0 Å². The Kier molecular flexibility index (Phi) is 6.34. The predicted molar refractivity (Wildman–Crippen MR) is 140 cm³/mol. The van der Waals surface area contributed by atoms with E-state index in [1.807, 2.05) is 73.7 Å². The Morgan fingerprint density at radius 3 is 2.54 bits per heavy atom. The van der Waals surface area contributed by atoms with Gasteiger partial charge in [0.2, 0.25) is 5.91 Å². The van der Waals surface area contributed by atoms with Gasteiger partial charge < -0.3 is 4.74 Å². The van der Waals surface area contributed by atoms with E-state index in [1.54, 1.807) is 7.11 Å². The van der Waals surface area contributed by atoms with Gasteiger partial charge >= 0.3 is 0 Å². The van der Waals surface area contributed by atoms with Gasteiger partial charge in [0.1, 0.15) is 5.75 Å². The molecule has 0 radical (unpaired) electrons. The molecule has 0 bridgehead atoms. The first kappa shape index (κ1) is 23.2. The molecule has 0 saturated carbocycles. The number of rotatable bonds is 5. The zero-order valence-electron chi connectivity index (χ0n) is 19.4. The highest BCUT2D eigenvalue weighted by molar-refractivity contribution is 9.11. The maximum Gasteiger partial charge on any atom is 0.279 e. The van der Waals surface area contributed by atoms with Crippen LogP contribution in [0.5, 0.6) is 5.75 Å². The molecule has 35 heavy (non-hydrogen) atoms. The molecule has 0 saturated heterocycles. The molecule has 176 valence electrons. The van der Waals surface area contributed by atoms with Crippen LogP contribution in [0.2, 0.25) is 0 Å². The van der Waals surface area contributed by atoms with Crippen LogP contribution in [0.15, 0.2) is 93.0 Å². The standard InChI is InChI=1S/C28H24BrN3O3/c1-3-25(33)32-24(17-9-12-20(35-2)13-10-17)16-23(31-32)27-26(18-7-5-4-6-8-18)21-15-19(29)11-14-22(21)30-28(27)34/h4-15,21,24H,3,16H2,1-2H3. The molecule has 2 heterocycles. The molecule has 0 fully saturated rings. The summed E-state index contributed by atoms with van der Waals surface area (Å²) in [5.74, 6) is 0.118. The number of carbonyl (C=O) groups is 2. The van der Waals surface area contributed by atoms with Crippen molar-refractivity contribution in [3.05, 3.63) is 94.0 Å². The van der Waals surface area contributed by atoms with Gasteiger partial charge in [-0.1, -0.05) is 71.4 Å². The van der Waals surface area contributed by atoms with Gasteiger partial charge in [-0.3, -0.25) is 9.59 Å². The number of carbonyl (C=O) groups excluding carboxylic acids is 2. The molecule has 6 nitrogen and oxygen atoms in total. The highest BCUT2D eigenvalue weighted by atomic mass is 79.9. The molecule has 2 unspecified atom stereocenters. The lowest BCUT2D eigenvalue weighted by Crippen LogP contribution is -2.27. The van der Waals surface area contributed by atoms with Crippen molar-refractivity contribution in [2.75, 3.05) is 7.11 Å². The van der Waals surface area contributed by atoms with Crippen LogP contribution in [-0.4, -0.2) is 35.4 Å². The third-order valence-corrected chi connectivity index (χ3v) is 6.95. The molecule has 2 aliphatic heterocycles. The van der Waals surface area contributed by atoms with Crippen LogP contribution in [0.3, 0.4) is 0 Å². The van der Waals surface area contributed by atoms with Crippen LogP contribution in [-0.2, 0) is 9.59 Å². The molecule has 5 rings (SSSR count). The first-order valence-electron chi connectivity index (χ1n) is 11.5. The fourth-order valence-electron chi connectivity index (χ4n) is 4.71. The van der Waals surface area contributed by atoms with Crippen molar-refractivity contribution in [1.82, 2.24) is 5.01 Å². The number of fused-ring (bicyclic) bond motifs is 1. The van der Waals surface area contributed by atoms with Crippen molar-refractivity contribution in [3.63, 3.8) is 0 Å². The zero-order valence-corrected chi connectivity index (χ0v) is 21.0. The zero-order chi connectivity index (χ0) is 24.5. The van der Waals surface area contributed by atoms with E-state index in [0.29, 0.717) is 29.8 Å². The Labute approximate surface area is 212 Å². The van der Waals surface area contributed by atoms with E-state index >= 15 is 0 Å². The van der Waals surface area contributed by atoms with Crippen LogP contribution >= 0.6 is 15.9 Å². The summed E-state index contributed by atoms with van der Waals surface area (Å²) in [6.45, 7) is 1.81. The number of hydrazone groups is 1. The minimum absolute atomic E-state index is 0.0987. The van der Waals surface area contributed by atoms with Crippen molar-refractivity contribution in [2.45, 2.75) is 25.8 Å². The summed E-state index contributed by atoms with van der Waals surface area (Å²) < 4.78 is 6.22. The second-order valence-corrected chi connectivity index (χ2v) is 9.41. The molecule has 2 amide bonds. The van der Waals surface area contributed by atoms with E-state index in [9.17, 15) is 9.59 Å². The van der Waals surface area contributed by atoms with Crippen molar-refractivity contribution in [3.8, 4) is 5.75 Å². The highest BCUT2D eigenvalue weighted by Gasteiger charge is 2.39. The Balaban J connectivity index is 1.64. The molecule has 3 aliphatic rings. The quantitative estimate of drug-likeness (QED) is 0.503. The number of methoxy groups -OCH3 is 1. The molecule has 7 heteroatoms. The van der Waals surface area contributed by atoms with Gasteiger partial charge in [-0.15, -0.1) is 0 Å². The average molecular weight is 530 g/mol. The fourth-order valence-corrected chi connectivity index (χ4v) is 5.11. The van der Waals surface area contributed by atoms with Crippen LogP contribution < -0.4 is 4.74 Å². The number of hydrogen-bond donors (Lipinski definition) is 0. The van der Waals surface area contributed by atoms with Gasteiger partial charge in [-0.2, -0.15) is 5.10 Å². The number of amides is 2. The molecule has 2 aromatic rings. The summed E-state index contributed by atoms with van der Waals surface area (Å²) in [6.07, 6.45) is 6.56. The second kappa shape index (κ2) is 9.58. The third kappa shape index (κ3) is 4.32. The van der Waals surface area contributed by atoms with Gasteiger partial charge in [0, 0.05) is 23.2 Å². The predicted octanol–water partition coefficient (Wildman–Crippen LogP) is 5.63. The number of hydrogen-bond acceptors (Lipinski definition) is 4. The van der Waals surface area contributed by atoms with Crippen LogP contribution in [0.4, 0.5) is 0 Å².